The average Bonchev–Trinajstić information content (AvgIpc) is 2.97. The summed E-state index contributed by atoms with van der Waals surface area (Å²) in [7, 11) is 0. The van der Waals surface area contributed by atoms with Crippen molar-refractivity contribution in [3.8, 4) is 5.88 Å². The number of ether oxygens (including phenoxy) is 1. The maximum Gasteiger partial charge on any atom is 0.512 e. The number of aliphatic imine (C=N–C) groups is 1. The van der Waals surface area contributed by atoms with E-state index in [0.717, 1.165) is 16.8 Å². The maximum atomic E-state index is 10.6. The van der Waals surface area contributed by atoms with Gasteiger partial charge < -0.3 is 9.84 Å². The molecule has 1 N–H and O–H groups in total. The van der Waals surface area contributed by atoms with Crippen LogP contribution in [0.5, 0.6) is 5.88 Å². The van der Waals surface area contributed by atoms with Crippen molar-refractivity contribution in [2.24, 2.45) is 4.99 Å². The van der Waals surface area contributed by atoms with Crippen LogP contribution in [-0.4, -0.2) is 27.0 Å². The minimum Gasteiger partial charge on any atom is -0.449 e. The monoisotopic (exact) mass is 267 g/mol. The molecule has 6 nitrogen and oxygen atoms in total. The summed E-state index contributed by atoms with van der Waals surface area (Å²) in [4.78, 5) is 19.1. The van der Waals surface area contributed by atoms with Gasteiger partial charge in [0.2, 0.25) is 5.88 Å². The molecule has 2 aromatic rings. The molecule has 4 rings (SSSR count). The van der Waals surface area contributed by atoms with Gasteiger partial charge in [-0.3, -0.25) is 9.56 Å². The molecule has 20 heavy (non-hydrogen) atoms. The second kappa shape index (κ2) is 3.80. The number of hydrogen-bond acceptors (Lipinski definition) is 4. The Morgan fingerprint density at radius 2 is 2.20 bits per heavy atom. The molecule has 0 spiro atoms. The predicted molar refractivity (Wildman–Crippen MR) is 71.8 cm³/mol. The van der Waals surface area contributed by atoms with E-state index in [1.807, 2.05) is 34.9 Å². The summed E-state index contributed by atoms with van der Waals surface area (Å²) < 4.78 is 6.40. The molecule has 2 heterocycles. The fraction of sp³-hybridized carbons (Fsp3) is 0.0714. The van der Waals surface area contributed by atoms with Crippen molar-refractivity contribution in [1.29, 1.82) is 0 Å². The fourth-order valence-electron chi connectivity index (χ4n) is 2.60. The van der Waals surface area contributed by atoms with E-state index in [1.54, 1.807) is 12.4 Å². The normalized spacial score (nSPS) is 18.0. The molecule has 0 bridgehead atoms. The van der Waals surface area contributed by atoms with Gasteiger partial charge in [-0.15, -0.1) is 0 Å². The molecular weight excluding hydrogens is 258 g/mol. The molecule has 98 valence electrons. The minimum atomic E-state index is -1.38. The Labute approximate surface area is 113 Å². The average molecular weight is 267 g/mol. The molecule has 0 saturated carbocycles. The lowest BCUT2D eigenvalue weighted by Crippen LogP contribution is -2.11. The van der Waals surface area contributed by atoms with E-state index in [1.165, 1.54) is 0 Å². The van der Waals surface area contributed by atoms with Gasteiger partial charge in [0.15, 0.2) is 5.82 Å². The summed E-state index contributed by atoms with van der Waals surface area (Å²) in [5, 5.41) is 8.64. The summed E-state index contributed by atoms with van der Waals surface area (Å²) in [6, 6.07) is 7.96. The standard InChI is InChI=1S/C14H9N3O3/c18-14(19)20-12-7-17-10-5-8-3-1-2-4-9(8)13(10)15-6-11(17)16-12/h1-7,13H,(H,18,19). The largest absolute Gasteiger partial charge is 0.512 e. The third-order valence-corrected chi connectivity index (χ3v) is 3.39. The molecule has 1 aliphatic heterocycles. The van der Waals surface area contributed by atoms with Crippen LogP contribution >= 0.6 is 0 Å². The number of aromatic nitrogens is 2. The van der Waals surface area contributed by atoms with Crippen LogP contribution in [0.4, 0.5) is 4.79 Å². The number of hydrogen-bond donors (Lipinski definition) is 1. The van der Waals surface area contributed by atoms with E-state index in [4.69, 9.17) is 5.11 Å². The Hall–Kier alpha value is -2.89. The molecule has 2 aliphatic rings. The number of carboxylic acid groups (broad SMARTS) is 1. The first-order valence-electron chi connectivity index (χ1n) is 6.06. The van der Waals surface area contributed by atoms with Crippen molar-refractivity contribution in [3.63, 3.8) is 0 Å². The van der Waals surface area contributed by atoms with Gasteiger partial charge in [0.05, 0.1) is 18.1 Å². The van der Waals surface area contributed by atoms with Gasteiger partial charge in [-0.2, -0.15) is 4.98 Å². The molecule has 0 amide bonds. The quantitative estimate of drug-likeness (QED) is 0.805. The third kappa shape index (κ3) is 1.48. The molecule has 0 saturated heterocycles. The number of nitrogens with zero attached hydrogens (tertiary/aromatic N) is 3. The Balaban J connectivity index is 1.81. The van der Waals surface area contributed by atoms with E-state index in [9.17, 15) is 4.79 Å². The van der Waals surface area contributed by atoms with Crippen molar-refractivity contribution in [3.05, 3.63) is 47.4 Å². The Bertz CT molecular complexity index is 789. The topological polar surface area (TPSA) is 76.7 Å². The van der Waals surface area contributed by atoms with Crippen LogP contribution in [-0.2, 0) is 0 Å². The van der Waals surface area contributed by atoms with Gasteiger partial charge in [0, 0.05) is 0 Å². The van der Waals surface area contributed by atoms with Crippen molar-refractivity contribution in [2.75, 3.05) is 0 Å². The lowest BCUT2D eigenvalue weighted by atomic mass is 10.1. The van der Waals surface area contributed by atoms with Crippen molar-refractivity contribution < 1.29 is 14.6 Å². The highest BCUT2D eigenvalue weighted by Gasteiger charge is 2.30. The highest BCUT2D eigenvalue weighted by Crippen LogP contribution is 2.42. The van der Waals surface area contributed by atoms with E-state index in [2.05, 4.69) is 14.7 Å². The zero-order chi connectivity index (χ0) is 13.7. The number of imidazole rings is 1. The molecule has 1 atom stereocenters. The van der Waals surface area contributed by atoms with Crippen LogP contribution in [0.15, 0.2) is 35.5 Å². The van der Waals surface area contributed by atoms with Crippen LogP contribution < -0.4 is 4.74 Å². The zero-order valence-corrected chi connectivity index (χ0v) is 10.2. The van der Waals surface area contributed by atoms with E-state index >= 15 is 0 Å². The first-order valence-corrected chi connectivity index (χ1v) is 6.06. The fourth-order valence-corrected chi connectivity index (χ4v) is 2.60. The summed E-state index contributed by atoms with van der Waals surface area (Å²) in [5.41, 5.74) is 3.21. The third-order valence-electron chi connectivity index (χ3n) is 3.39. The molecular formula is C14H9N3O3. The van der Waals surface area contributed by atoms with Gasteiger partial charge in [-0.25, -0.2) is 4.79 Å². The highest BCUT2D eigenvalue weighted by molar-refractivity contribution is 5.91. The van der Waals surface area contributed by atoms with E-state index in [-0.39, 0.29) is 11.9 Å². The van der Waals surface area contributed by atoms with Crippen LogP contribution in [0.3, 0.4) is 0 Å². The number of rotatable bonds is 1. The van der Waals surface area contributed by atoms with Crippen molar-refractivity contribution >= 4 is 24.1 Å². The van der Waals surface area contributed by atoms with Gasteiger partial charge in [0.1, 0.15) is 6.04 Å². The van der Waals surface area contributed by atoms with Crippen molar-refractivity contribution in [2.45, 2.75) is 6.04 Å². The number of benzene rings is 1. The van der Waals surface area contributed by atoms with Gasteiger partial charge in [-0.05, 0) is 17.2 Å². The SMILES string of the molecule is O=C(O)Oc1cn2c(n1)C=NC1C2=Cc2ccccc21. The van der Waals surface area contributed by atoms with Crippen molar-refractivity contribution in [1.82, 2.24) is 9.55 Å². The number of fused-ring (bicyclic) bond motifs is 5. The molecule has 1 unspecified atom stereocenters. The van der Waals surface area contributed by atoms with Crippen LogP contribution in [0.1, 0.15) is 23.0 Å². The van der Waals surface area contributed by atoms with Crippen LogP contribution in [0.25, 0.3) is 11.8 Å². The molecule has 1 aliphatic carbocycles. The van der Waals surface area contributed by atoms with Crippen LogP contribution in [0.2, 0.25) is 0 Å². The molecule has 0 fully saturated rings. The Morgan fingerprint density at radius 3 is 3.05 bits per heavy atom. The smallest absolute Gasteiger partial charge is 0.449 e. The molecule has 1 aromatic heterocycles. The lowest BCUT2D eigenvalue weighted by molar-refractivity contribution is 0.142. The van der Waals surface area contributed by atoms with E-state index in [0.29, 0.717) is 5.82 Å². The predicted octanol–water partition coefficient (Wildman–Crippen LogP) is 2.43. The summed E-state index contributed by atoms with van der Waals surface area (Å²) in [6.07, 6.45) is 3.86. The van der Waals surface area contributed by atoms with E-state index < -0.39 is 6.16 Å². The number of carbonyl (C=O) groups is 1. The maximum absolute atomic E-state index is 10.6. The Morgan fingerprint density at radius 1 is 1.35 bits per heavy atom. The van der Waals surface area contributed by atoms with Gasteiger partial charge in [0.25, 0.3) is 0 Å². The first kappa shape index (κ1) is 11.0. The Kier molecular flexibility index (Phi) is 2.09. The summed E-state index contributed by atoms with van der Waals surface area (Å²) in [5.74, 6) is 0.619. The summed E-state index contributed by atoms with van der Waals surface area (Å²) in [6.45, 7) is 0. The zero-order valence-electron chi connectivity index (χ0n) is 10.2. The molecule has 0 radical (unpaired) electrons. The van der Waals surface area contributed by atoms with Crippen LogP contribution in [0, 0.1) is 0 Å². The summed E-state index contributed by atoms with van der Waals surface area (Å²) >= 11 is 0. The molecule has 6 heteroatoms. The highest BCUT2D eigenvalue weighted by atomic mass is 16.7. The second-order valence-corrected chi connectivity index (χ2v) is 4.55. The molecule has 1 aromatic carbocycles. The minimum absolute atomic E-state index is 0.0523. The second-order valence-electron chi connectivity index (χ2n) is 4.55. The first-order chi connectivity index (χ1) is 9.72. The van der Waals surface area contributed by atoms with Gasteiger partial charge in [-0.1, -0.05) is 24.3 Å². The van der Waals surface area contributed by atoms with Gasteiger partial charge >= 0.3 is 6.16 Å². The lowest BCUT2D eigenvalue weighted by Gasteiger charge is -2.17.